The van der Waals surface area contributed by atoms with Crippen molar-refractivity contribution in [3.8, 4) is 0 Å². The SMILES string of the molecule is CCCNCc1nc(N2CCn3cnnc3C2)ccc1Cl. The van der Waals surface area contributed by atoms with Gasteiger partial charge < -0.3 is 14.8 Å². The molecule has 1 N–H and O–H groups in total. The average Bonchev–Trinajstić information content (AvgIpc) is 2.97. The van der Waals surface area contributed by atoms with Gasteiger partial charge in [0.25, 0.3) is 0 Å². The van der Waals surface area contributed by atoms with E-state index >= 15 is 0 Å². The molecule has 112 valence electrons. The van der Waals surface area contributed by atoms with Gasteiger partial charge in [-0.1, -0.05) is 18.5 Å². The molecule has 21 heavy (non-hydrogen) atoms. The summed E-state index contributed by atoms with van der Waals surface area (Å²) in [5, 5.41) is 12.1. The lowest BCUT2D eigenvalue weighted by atomic mass is 10.3. The minimum atomic E-state index is 0.699. The Hall–Kier alpha value is -1.66. The molecule has 0 radical (unpaired) electrons. The molecule has 3 heterocycles. The number of nitrogens with one attached hydrogen (secondary N) is 1. The average molecular weight is 307 g/mol. The predicted molar refractivity (Wildman–Crippen MR) is 82.3 cm³/mol. The molecule has 6 nitrogen and oxygen atoms in total. The highest BCUT2D eigenvalue weighted by atomic mass is 35.5. The summed E-state index contributed by atoms with van der Waals surface area (Å²) in [6, 6.07) is 3.89. The fourth-order valence-corrected chi connectivity index (χ4v) is 2.59. The van der Waals surface area contributed by atoms with Gasteiger partial charge in [-0.3, -0.25) is 0 Å². The maximum absolute atomic E-state index is 6.23. The van der Waals surface area contributed by atoms with Gasteiger partial charge in [-0.2, -0.15) is 0 Å². The highest BCUT2D eigenvalue weighted by Crippen LogP contribution is 2.22. The highest BCUT2D eigenvalue weighted by Gasteiger charge is 2.19. The summed E-state index contributed by atoms with van der Waals surface area (Å²) in [5.41, 5.74) is 0.898. The second-order valence-electron chi connectivity index (χ2n) is 5.14. The zero-order chi connectivity index (χ0) is 14.7. The van der Waals surface area contributed by atoms with Crippen LogP contribution >= 0.6 is 11.6 Å². The van der Waals surface area contributed by atoms with E-state index in [1.165, 1.54) is 0 Å². The van der Waals surface area contributed by atoms with Gasteiger partial charge in [-0.25, -0.2) is 4.98 Å². The summed E-state index contributed by atoms with van der Waals surface area (Å²) < 4.78 is 2.08. The van der Waals surface area contributed by atoms with Crippen molar-refractivity contribution in [2.24, 2.45) is 0 Å². The first-order valence-electron chi connectivity index (χ1n) is 7.25. The van der Waals surface area contributed by atoms with Gasteiger partial charge in [0.1, 0.15) is 12.1 Å². The Morgan fingerprint density at radius 2 is 2.24 bits per heavy atom. The van der Waals surface area contributed by atoms with Crippen LogP contribution in [0.4, 0.5) is 5.82 Å². The molecule has 0 aliphatic carbocycles. The summed E-state index contributed by atoms with van der Waals surface area (Å²) in [6.45, 7) is 6.33. The minimum absolute atomic E-state index is 0.699. The fourth-order valence-electron chi connectivity index (χ4n) is 2.42. The molecule has 0 atom stereocenters. The van der Waals surface area contributed by atoms with Gasteiger partial charge in [0.2, 0.25) is 0 Å². The molecule has 0 spiro atoms. The molecule has 1 aliphatic heterocycles. The fraction of sp³-hybridized carbons (Fsp3) is 0.500. The van der Waals surface area contributed by atoms with E-state index in [0.717, 1.165) is 49.9 Å². The van der Waals surface area contributed by atoms with E-state index in [0.29, 0.717) is 11.6 Å². The highest BCUT2D eigenvalue weighted by molar-refractivity contribution is 6.31. The van der Waals surface area contributed by atoms with Crippen LogP contribution in [-0.4, -0.2) is 32.8 Å². The van der Waals surface area contributed by atoms with Crippen LogP contribution in [0.2, 0.25) is 5.02 Å². The van der Waals surface area contributed by atoms with Crippen molar-refractivity contribution in [1.29, 1.82) is 0 Å². The third-order valence-electron chi connectivity index (χ3n) is 3.59. The molecular formula is C14H19ClN6. The number of rotatable bonds is 5. The van der Waals surface area contributed by atoms with Crippen molar-refractivity contribution in [1.82, 2.24) is 25.1 Å². The summed E-state index contributed by atoms with van der Waals surface area (Å²) in [7, 11) is 0. The Kier molecular flexibility index (Phi) is 4.36. The van der Waals surface area contributed by atoms with E-state index in [2.05, 4.69) is 31.9 Å². The lowest BCUT2D eigenvalue weighted by Crippen LogP contribution is -2.34. The van der Waals surface area contributed by atoms with Crippen molar-refractivity contribution >= 4 is 17.4 Å². The molecule has 2 aromatic heterocycles. The summed E-state index contributed by atoms with van der Waals surface area (Å²) in [6.07, 6.45) is 2.88. The van der Waals surface area contributed by atoms with Gasteiger partial charge in [0.05, 0.1) is 17.3 Å². The van der Waals surface area contributed by atoms with Gasteiger partial charge in [0, 0.05) is 19.6 Å². The Morgan fingerprint density at radius 1 is 1.33 bits per heavy atom. The first kappa shape index (κ1) is 14.3. The smallest absolute Gasteiger partial charge is 0.152 e. The second-order valence-corrected chi connectivity index (χ2v) is 5.54. The Labute approximate surface area is 129 Å². The van der Waals surface area contributed by atoms with Crippen LogP contribution in [0.15, 0.2) is 18.5 Å². The predicted octanol–water partition coefficient (Wildman–Crippen LogP) is 1.85. The number of halogens is 1. The maximum Gasteiger partial charge on any atom is 0.152 e. The number of hydrogen-bond donors (Lipinski definition) is 1. The molecule has 0 aromatic carbocycles. The van der Waals surface area contributed by atoms with Crippen molar-refractivity contribution in [2.45, 2.75) is 33.0 Å². The van der Waals surface area contributed by atoms with Crippen molar-refractivity contribution in [2.75, 3.05) is 18.0 Å². The first-order chi connectivity index (χ1) is 10.3. The zero-order valence-corrected chi connectivity index (χ0v) is 12.8. The quantitative estimate of drug-likeness (QED) is 0.854. The standard InChI is InChI=1S/C14H19ClN6/c1-2-5-16-8-12-11(15)3-4-13(18-12)20-6-7-21-10-17-19-14(21)9-20/h3-4,10,16H,2,5-9H2,1H3. The number of hydrogen-bond acceptors (Lipinski definition) is 5. The number of anilines is 1. The number of fused-ring (bicyclic) bond motifs is 1. The molecule has 0 fully saturated rings. The monoisotopic (exact) mass is 306 g/mol. The van der Waals surface area contributed by atoms with Crippen molar-refractivity contribution < 1.29 is 0 Å². The molecule has 1 aliphatic rings. The van der Waals surface area contributed by atoms with E-state index in [4.69, 9.17) is 16.6 Å². The third-order valence-corrected chi connectivity index (χ3v) is 3.93. The zero-order valence-electron chi connectivity index (χ0n) is 12.1. The first-order valence-corrected chi connectivity index (χ1v) is 7.63. The van der Waals surface area contributed by atoms with Crippen LogP contribution in [0.5, 0.6) is 0 Å². The van der Waals surface area contributed by atoms with E-state index in [-0.39, 0.29) is 0 Å². The Bertz CT molecular complexity index is 611. The normalized spacial score (nSPS) is 14.3. The van der Waals surface area contributed by atoms with E-state index in [1.807, 2.05) is 12.1 Å². The van der Waals surface area contributed by atoms with Crippen LogP contribution in [0.25, 0.3) is 0 Å². The molecule has 0 bridgehead atoms. The van der Waals surface area contributed by atoms with Gasteiger partial charge in [-0.15, -0.1) is 10.2 Å². The molecular weight excluding hydrogens is 288 g/mol. The molecule has 0 saturated carbocycles. The molecule has 2 aromatic rings. The lowest BCUT2D eigenvalue weighted by Gasteiger charge is -2.28. The van der Waals surface area contributed by atoms with Crippen LogP contribution in [-0.2, 0) is 19.6 Å². The molecule has 3 rings (SSSR count). The van der Waals surface area contributed by atoms with Crippen LogP contribution in [0.1, 0.15) is 24.9 Å². The van der Waals surface area contributed by atoms with Gasteiger partial charge in [-0.05, 0) is 25.1 Å². The maximum atomic E-state index is 6.23. The number of aromatic nitrogens is 4. The summed E-state index contributed by atoms with van der Waals surface area (Å²) in [5.74, 6) is 1.92. The van der Waals surface area contributed by atoms with E-state index in [1.54, 1.807) is 6.33 Å². The van der Waals surface area contributed by atoms with Crippen LogP contribution in [0.3, 0.4) is 0 Å². The third kappa shape index (κ3) is 3.16. The number of nitrogens with zero attached hydrogens (tertiary/aromatic N) is 5. The second kappa shape index (κ2) is 6.41. The Balaban J connectivity index is 1.75. The van der Waals surface area contributed by atoms with Crippen LogP contribution < -0.4 is 10.2 Å². The molecule has 0 amide bonds. The van der Waals surface area contributed by atoms with Crippen molar-refractivity contribution in [3.63, 3.8) is 0 Å². The van der Waals surface area contributed by atoms with E-state index in [9.17, 15) is 0 Å². The number of pyridine rings is 1. The minimum Gasteiger partial charge on any atom is -0.347 e. The Morgan fingerprint density at radius 3 is 3.10 bits per heavy atom. The van der Waals surface area contributed by atoms with Gasteiger partial charge in [0.15, 0.2) is 5.82 Å². The topological polar surface area (TPSA) is 58.9 Å². The molecule has 0 unspecified atom stereocenters. The molecule has 7 heteroatoms. The largest absolute Gasteiger partial charge is 0.347 e. The summed E-state index contributed by atoms with van der Waals surface area (Å²) in [4.78, 5) is 6.91. The summed E-state index contributed by atoms with van der Waals surface area (Å²) >= 11 is 6.23. The van der Waals surface area contributed by atoms with E-state index < -0.39 is 0 Å². The van der Waals surface area contributed by atoms with Crippen molar-refractivity contribution in [3.05, 3.63) is 35.0 Å². The molecule has 0 saturated heterocycles. The van der Waals surface area contributed by atoms with Gasteiger partial charge >= 0.3 is 0 Å². The van der Waals surface area contributed by atoms with Crippen LogP contribution in [0, 0.1) is 0 Å². The lowest BCUT2D eigenvalue weighted by molar-refractivity contribution is 0.555.